The summed E-state index contributed by atoms with van der Waals surface area (Å²) in [4.78, 5) is 0. The molecule has 2 N–H and O–H groups in total. The van der Waals surface area contributed by atoms with Crippen molar-refractivity contribution in [3.63, 3.8) is 0 Å². The van der Waals surface area contributed by atoms with Gasteiger partial charge in [0.25, 0.3) is 0 Å². The predicted molar refractivity (Wildman–Crippen MR) is 63.0 cm³/mol. The molecule has 0 saturated carbocycles. The van der Waals surface area contributed by atoms with Gasteiger partial charge >= 0.3 is 0 Å². The van der Waals surface area contributed by atoms with Gasteiger partial charge in [0, 0.05) is 12.0 Å². The summed E-state index contributed by atoms with van der Waals surface area (Å²) in [6, 6.07) is 12.4. The molecular formula is C14H15NO. The first kappa shape index (κ1) is 9.67. The summed E-state index contributed by atoms with van der Waals surface area (Å²) < 4.78 is 5.43. The van der Waals surface area contributed by atoms with Gasteiger partial charge in [0.05, 0.1) is 6.26 Å². The van der Waals surface area contributed by atoms with Gasteiger partial charge in [-0.1, -0.05) is 30.3 Å². The molecule has 0 saturated heterocycles. The molecule has 16 heavy (non-hydrogen) atoms. The zero-order valence-corrected chi connectivity index (χ0v) is 9.15. The normalized spacial score (nSPS) is 24.1. The molecular weight excluding hydrogens is 198 g/mol. The zero-order chi connectivity index (χ0) is 11.0. The van der Waals surface area contributed by atoms with Gasteiger partial charge in [-0.2, -0.15) is 0 Å². The molecule has 2 aromatic rings. The maximum absolute atomic E-state index is 6.51. The summed E-state index contributed by atoms with van der Waals surface area (Å²) in [5.41, 5.74) is 8.77. The van der Waals surface area contributed by atoms with Crippen molar-refractivity contribution in [3.05, 3.63) is 59.5 Å². The molecule has 0 fully saturated rings. The first-order valence-corrected chi connectivity index (χ1v) is 5.68. The smallest absolute Gasteiger partial charge is 0.107 e. The van der Waals surface area contributed by atoms with Crippen LogP contribution >= 0.6 is 0 Å². The molecule has 0 radical (unpaired) electrons. The molecule has 1 atom stereocenters. The molecule has 2 nitrogen and oxygen atoms in total. The van der Waals surface area contributed by atoms with E-state index in [-0.39, 0.29) is 5.54 Å². The SMILES string of the molecule is NC1(c2ccccc2)CCc2occc2C1. The van der Waals surface area contributed by atoms with Crippen LogP contribution in [0.3, 0.4) is 0 Å². The highest BCUT2D eigenvalue weighted by molar-refractivity contribution is 5.32. The van der Waals surface area contributed by atoms with Crippen LogP contribution < -0.4 is 5.73 Å². The Kier molecular flexibility index (Phi) is 2.11. The van der Waals surface area contributed by atoms with Crippen LogP contribution in [0.2, 0.25) is 0 Å². The molecule has 0 aliphatic heterocycles. The second-order valence-electron chi connectivity index (χ2n) is 4.57. The number of aryl methyl sites for hydroxylation is 1. The maximum atomic E-state index is 6.51. The van der Waals surface area contributed by atoms with Gasteiger partial charge in [0.15, 0.2) is 0 Å². The van der Waals surface area contributed by atoms with E-state index in [1.807, 2.05) is 12.1 Å². The Morgan fingerprint density at radius 2 is 1.94 bits per heavy atom. The summed E-state index contributed by atoms with van der Waals surface area (Å²) >= 11 is 0. The summed E-state index contributed by atoms with van der Waals surface area (Å²) in [5.74, 6) is 1.11. The fourth-order valence-electron chi connectivity index (χ4n) is 2.53. The van der Waals surface area contributed by atoms with E-state index in [2.05, 4.69) is 24.3 Å². The highest BCUT2D eigenvalue weighted by Gasteiger charge is 2.33. The Morgan fingerprint density at radius 3 is 2.75 bits per heavy atom. The van der Waals surface area contributed by atoms with E-state index in [9.17, 15) is 0 Å². The lowest BCUT2D eigenvalue weighted by molar-refractivity contribution is 0.353. The van der Waals surface area contributed by atoms with Gasteiger partial charge in [-0.25, -0.2) is 0 Å². The van der Waals surface area contributed by atoms with E-state index in [4.69, 9.17) is 10.2 Å². The Hall–Kier alpha value is -1.54. The minimum Gasteiger partial charge on any atom is -0.469 e. The molecule has 1 aliphatic rings. The van der Waals surface area contributed by atoms with E-state index < -0.39 is 0 Å². The largest absolute Gasteiger partial charge is 0.469 e. The number of fused-ring (bicyclic) bond motifs is 1. The lowest BCUT2D eigenvalue weighted by Crippen LogP contribution is -2.41. The standard InChI is InChI=1S/C14H15NO/c15-14(12-4-2-1-3-5-12)8-6-13-11(10-14)7-9-16-13/h1-5,7,9H,6,8,10,15H2. The molecule has 0 amide bonds. The highest BCUT2D eigenvalue weighted by Crippen LogP contribution is 2.34. The van der Waals surface area contributed by atoms with E-state index in [1.54, 1.807) is 6.26 Å². The molecule has 1 aromatic heterocycles. The fourth-order valence-corrected chi connectivity index (χ4v) is 2.53. The second-order valence-corrected chi connectivity index (χ2v) is 4.57. The van der Waals surface area contributed by atoms with Crippen molar-refractivity contribution in [3.8, 4) is 0 Å². The number of rotatable bonds is 1. The maximum Gasteiger partial charge on any atom is 0.107 e. The second kappa shape index (κ2) is 3.49. The van der Waals surface area contributed by atoms with Crippen molar-refractivity contribution in [2.75, 3.05) is 0 Å². The van der Waals surface area contributed by atoms with Crippen molar-refractivity contribution >= 4 is 0 Å². The lowest BCUT2D eigenvalue weighted by Gasteiger charge is -2.33. The number of hydrogen-bond acceptors (Lipinski definition) is 2. The van der Waals surface area contributed by atoms with Gasteiger partial charge in [-0.15, -0.1) is 0 Å². The third kappa shape index (κ3) is 1.46. The third-order valence-electron chi connectivity index (χ3n) is 3.49. The molecule has 3 rings (SSSR count). The summed E-state index contributed by atoms with van der Waals surface area (Å²) in [6.07, 6.45) is 4.54. The molecule has 1 aliphatic carbocycles. The number of nitrogens with two attached hydrogens (primary N) is 1. The number of hydrogen-bond donors (Lipinski definition) is 1. The minimum atomic E-state index is -0.224. The van der Waals surface area contributed by atoms with Crippen molar-refractivity contribution in [1.82, 2.24) is 0 Å². The topological polar surface area (TPSA) is 39.2 Å². The third-order valence-corrected chi connectivity index (χ3v) is 3.49. The van der Waals surface area contributed by atoms with Gasteiger partial charge in [-0.05, 0) is 30.0 Å². The van der Waals surface area contributed by atoms with E-state index >= 15 is 0 Å². The van der Waals surface area contributed by atoms with Gasteiger partial charge in [0.1, 0.15) is 5.76 Å². The average Bonchev–Trinajstić information content (AvgIpc) is 2.77. The van der Waals surface area contributed by atoms with Gasteiger partial charge in [0.2, 0.25) is 0 Å². The molecule has 1 heterocycles. The van der Waals surface area contributed by atoms with E-state index in [0.29, 0.717) is 0 Å². The summed E-state index contributed by atoms with van der Waals surface area (Å²) in [6.45, 7) is 0. The zero-order valence-electron chi connectivity index (χ0n) is 9.15. The fraction of sp³-hybridized carbons (Fsp3) is 0.286. The van der Waals surface area contributed by atoms with Crippen molar-refractivity contribution in [2.45, 2.75) is 24.8 Å². The van der Waals surface area contributed by atoms with Crippen LogP contribution in [0, 0.1) is 0 Å². The number of benzene rings is 1. The van der Waals surface area contributed by atoms with Crippen LogP contribution in [0.15, 0.2) is 47.1 Å². The van der Waals surface area contributed by atoms with Crippen LogP contribution in [0.4, 0.5) is 0 Å². The lowest BCUT2D eigenvalue weighted by atomic mass is 9.77. The predicted octanol–water partition coefficient (Wildman–Crippen LogP) is 2.62. The summed E-state index contributed by atoms with van der Waals surface area (Å²) in [5, 5.41) is 0. The number of furan rings is 1. The van der Waals surface area contributed by atoms with Crippen molar-refractivity contribution in [1.29, 1.82) is 0 Å². The molecule has 0 spiro atoms. The first-order chi connectivity index (χ1) is 7.78. The summed E-state index contributed by atoms with van der Waals surface area (Å²) in [7, 11) is 0. The Labute approximate surface area is 95.1 Å². The van der Waals surface area contributed by atoms with Gasteiger partial charge < -0.3 is 10.2 Å². The highest BCUT2D eigenvalue weighted by atomic mass is 16.3. The first-order valence-electron chi connectivity index (χ1n) is 5.68. The van der Waals surface area contributed by atoms with Crippen LogP contribution in [0.25, 0.3) is 0 Å². The molecule has 2 heteroatoms. The van der Waals surface area contributed by atoms with Crippen LogP contribution in [-0.4, -0.2) is 0 Å². The van der Waals surface area contributed by atoms with Gasteiger partial charge in [-0.3, -0.25) is 0 Å². The van der Waals surface area contributed by atoms with E-state index in [0.717, 1.165) is 25.0 Å². The quantitative estimate of drug-likeness (QED) is 0.791. The molecule has 1 aromatic carbocycles. The Bertz CT molecular complexity index is 488. The molecule has 82 valence electrons. The molecule has 0 bridgehead atoms. The average molecular weight is 213 g/mol. The monoisotopic (exact) mass is 213 g/mol. The minimum absolute atomic E-state index is 0.224. The van der Waals surface area contributed by atoms with Crippen molar-refractivity contribution < 1.29 is 4.42 Å². The van der Waals surface area contributed by atoms with Crippen LogP contribution in [0.5, 0.6) is 0 Å². The van der Waals surface area contributed by atoms with E-state index in [1.165, 1.54) is 11.1 Å². The molecule has 1 unspecified atom stereocenters. The van der Waals surface area contributed by atoms with Crippen LogP contribution in [-0.2, 0) is 18.4 Å². The Balaban J connectivity index is 1.98. The van der Waals surface area contributed by atoms with Crippen molar-refractivity contribution in [2.24, 2.45) is 5.73 Å². The van der Waals surface area contributed by atoms with Crippen LogP contribution in [0.1, 0.15) is 23.3 Å². The Morgan fingerprint density at radius 1 is 1.12 bits per heavy atom.